The molecule has 3 unspecified atom stereocenters. The Bertz CT molecular complexity index is 324. The molecule has 0 radical (unpaired) electrons. The average Bonchev–Trinajstić information content (AvgIpc) is 2.35. The summed E-state index contributed by atoms with van der Waals surface area (Å²) < 4.78 is -0.0613. The van der Waals surface area contributed by atoms with Gasteiger partial charge in [0.2, 0.25) is 0 Å². The van der Waals surface area contributed by atoms with Crippen molar-refractivity contribution in [1.82, 2.24) is 4.90 Å². The van der Waals surface area contributed by atoms with Gasteiger partial charge in [0.05, 0.1) is 19.1 Å². The highest BCUT2D eigenvalue weighted by atomic mass is 16.5. The molecule has 0 N–H and O–H groups in total. The molecule has 126 valence electrons. The Morgan fingerprint density at radius 2 is 1.52 bits per heavy atom. The minimum atomic E-state index is -0.0851. The van der Waals surface area contributed by atoms with Crippen molar-refractivity contribution in [2.24, 2.45) is 11.8 Å². The molecule has 0 aromatic heterocycles. The van der Waals surface area contributed by atoms with Crippen molar-refractivity contribution >= 4 is 0 Å². The molecule has 3 atom stereocenters. The van der Waals surface area contributed by atoms with Crippen LogP contribution in [0.15, 0.2) is 0 Å². The fourth-order valence-electron chi connectivity index (χ4n) is 3.46. The molecule has 2 fully saturated rings. The Morgan fingerprint density at radius 3 is 1.90 bits per heavy atom. The van der Waals surface area contributed by atoms with Crippen molar-refractivity contribution in [3.8, 4) is 0 Å². The summed E-state index contributed by atoms with van der Waals surface area (Å²) in [6, 6.07) is 0. The number of piperidine rings is 2. The fraction of sp³-hybridized carbons (Fsp3) is 1.00. The number of hydrogen-bond donors (Lipinski definition) is 0. The highest BCUT2D eigenvalue weighted by Crippen LogP contribution is 2.36. The van der Waals surface area contributed by atoms with Crippen molar-refractivity contribution in [3.05, 3.63) is 5.21 Å². The minimum absolute atomic E-state index is 0.0613. The van der Waals surface area contributed by atoms with Crippen LogP contribution in [0.4, 0.5) is 0 Å². The van der Waals surface area contributed by atoms with Gasteiger partial charge in [-0.3, -0.25) is 0 Å². The van der Waals surface area contributed by atoms with Gasteiger partial charge in [0, 0.05) is 11.5 Å². The Morgan fingerprint density at radius 1 is 1.00 bits per heavy atom. The second-order valence-electron chi connectivity index (χ2n) is 8.64. The highest BCUT2D eigenvalue weighted by Gasteiger charge is 2.41. The highest BCUT2D eigenvalue weighted by molar-refractivity contribution is 4.88. The average molecular weight is 299 g/mol. The van der Waals surface area contributed by atoms with Crippen LogP contribution in [0.25, 0.3) is 0 Å². The monoisotopic (exact) mass is 298 g/mol. The van der Waals surface area contributed by atoms with Crippen LogP contribution < -0.4 is 0 Å². The van der Waals surface area contributed by atoms with Gasteiger partial charge in [-0.15, -0.1) is 0 Å². The number of nitrogens with zero attached hydrogens (tertiary/aromatic N) is 2. The van der Waals surface area contributed by atoms with Crippen molar-refractivity contribution < 1.29 is 4.65 Å². The third-order valence-corrected chi connectivity index (χ3v) is 6.97. The predicted octanol–water partition coefficient (Wildman–Crippen LogP) is 4.27. The summed E-state index contributed by atoms with van der Waals surface area (Å²) in [6.45, 7) is 15.5. The van der Waals surface area contributed by atoms with E-state index in [1.165, 1.54) is 25.8 Å². The van der Waals surface area contributed by atoms with Crippen LogP contribution >= 0.6 is 0 Å². The topological polar surface area (TPSA) is 26.3 Å². The summed E-state index contributed by atoms with van der Waals surface area (Å²) in [5.74, 6) is 1.41. The summed E-state index contributed by atoms with van der Waals surface area (Å²) >= 11 is 0. The quantitative estimate of drug-likeness (QED) is 0.493. The number of rotatable bonds is 0. The second kappa shape index (κ2) is 6.55. The molecule has 2 saturated heterocycles. The summed E-state index contributed by atoms with van der Waals surface area (Å²) in [4.78, 5) is 2.47. The van der Waals surface area contributed by atoms with Crippen LogP contribution in [0.1, 0.15) is 67.2 Å². The van der Waals surface area contributed by atoms with Gasteiger partial charge in [-0.25, -0.2) is 0 Å². The molecule has 0 amide bonds. The van der Waals surface area contributed by atoms with E-state index in [-0.39, 0.29) is 10.2 Å². The van der Waals surface area contributed by atoms with E-state index in [0.717, 1.165) is 18.9 Å². The SMILES string of the molecule is CC1CCCN(C)C1(C)C.CC1CCC[N+](C)([O-])C1(C)C. The van der Waals surface area contributed by atoms with E-state index < -0.39 is 0 Å². The van der Waals surface area contributed by atoms with E-state index in [0.29, 0.717) is 11.5 Å². The molecular weight excluding hydrogens is 260 g/mol. The lowest BCUT2D eigenvalue weighted by molar-refractivity contribution is -0.920. The molecule has 3 heteroatoms. The summed E-state index contributed by atoms with van der Waals surface area (Å²) in [5.41, 5.74) is 0.344. The van der Waals surface area contributed by atoms with Gasteiger partial charge < -0.3 is 14.8 Å². The normalized spacial score (nSPS) is 39.3. The van der Waals surface area contributed by atoms with Crippen molar-refractivity contribution in [3.63, 3.8) is 0 Å². The zero-order chi connectivity index (χ0) is 16.5. The van der Waals surface area contributed by atoms with E-state index in [9.17, 15) is 5.21 Å². The summed E-state index contributed by atoms with van der Waals surface area (Å²) in [6.07, 6.45) is 5.08. The Labute approximate surface area is 132 Å². The first-order valence-corrected chi connectivity index (χ1v) is 8.71. The van der Waals surface area contributed by atoms with Crippen molar-refractivity contribution in [2.45, 2.75) is 78.3 Å². The van der Waals surface area contributed by atoms with E-state index in [1.807, 2.05) is 0 Å². The van der Waals surface area contributed by atoms with E-state index in [4.69, 9.17) is 0 Å². The lowest BCUT2D eigenvalue weighted by Crippen LogP contribution is -2.61. The molecular formula is C18H38N2O. The number of hydrogen-bond acceptors (Lipinski definition) is 2. The van der Waals surface area contributed by atoms with Crippen molar-refractivity contribution in [1.29, 1.82) is 0 Å². The van der Waals surface area contributed by atoms with E-state index in [1.54, 1.807) is 7.05 Å². The third kappa shape index (κ3) is 4.00. The molecule has 2 aliphatic rings. The number of hydroxylamine groups is 3. The van der Waals surface area contributed by atoms with E-state index in [2.05, 4.69) is 53.5 Å². The van der Waals surface area contributed by atoms with Crippen LogP contribution in [0.3, 0.4) is 0 Å². The maximum atomic E-state index is 11.9. The molecule has 2 aliphatic heterocycles. The lowest BCUT2D eigenvalue weighted by Gasteiger charge is -2.57. The predicted molar refractivity (Wildman–Crippen MR) is 92.0 cm³/mol. The second-order valence-corrected chi connectivity index (χ2v) is 8.64. The maximum Gasteiger partial charge on any atom is 0.0956 e. The molecule has 0 bridgehead atoms. The molecule has 0 aromatic carbocycles. The molecule has 0 aliphatic carbocycles. The van der Waals surface area contributed by atoms with Gasteiger partial charge in [-0.05, 0) is 72.9 Å². The van der Waals surface area contributed by atoms with Gasteiger partial charge in [0.1, 0.15) is 0 Å². The summed E-state index contributed by atoms with van der Waals surface area (Å²) in [5, 5.41) is 11.9. The Kier molecular flexibility index (Phi) is 5.91. The Hall–Kier alpha value is -0.120. The Balaban J connectivity index is 0.000000211. The fourth-order valence-corrected chi connectivity index (χ4v) is 3.46. The first-order valence-electron chi connectivity index (χ1n) is 8.71. The van der Waals surface area contributed by atoms with Gasteiger partial charge in [-0.2, -0.15) is 0 Å². The summed E-state index contributed by atoms with van der Waals surface area (Å²) in [7, 11) is 4.03. The lowest BCUT2D eigenvalue weighted by atomic mass is 9.80. The molecule has 0 aromatic rings. The first kappa shape index (κ1) is 18.9. The van der Waals surface area contributed by atoms with Gasteiger partial charge in [0.25, 0.3) is 0 Å². The zero-order valence-corrected chi connectivity index (χ0v) is 15.7. The molecule has 2 rings (SSSR count). The third-order valence-electron chi connectivity index (χ3n) is 6.97. The molecule has 0 spiro atoms. The van der Waals surface area contributed by atoms with Gasteiger partial charge in [-0.1, -0.05) is 13.8 Å². The molecule has 3 nitrogen and oxygen atoms in total. The molecule has 0 saturated carbocycles. The van der Waals surface area contributed by atoms with Crippen LogP contribution in [-0.2, 0) is 0 Å². The first-order chi connectivity index (χ1) is 9.43. The smallest absolute Gasteiger partial charge is 0.0956 e. The van der Waals surface area contributed by atoms with Crippen LogP contribution in [-0.4, -0.2) is 47.8 Å². The minimum Gasteiger partial charge on any atom is -0.633 e. The van der Waals surface area contributed by atoms with Gasteiger partial charge >= 0.3 is 0 Å². The number of likely N-dealkylation sites (tertiary alicyclic amines) is 2. The van der Waals surface area contributed by atoms with E-state index >= 15 is 0 Å². The maximum absolute atomic E-state index is 11.9. The largest absolute Gasteiger partial charge is 0.633 e. The van der Waals surface area contributed by atoms with Crippen LogP contribution in [0.5, 0.6) is 0 Å². The molecule has 21 heavy (non-hydrogen) atoms. The zero-order valence-electron chi connectivity index (χ0n) is 15.7. The molecule has 2 heterocycles. The van der Waals surface area contributed by atoms with Crippen LogP contribution in [0, 0.1) is 17.0 Å². The van der Waals surface area contributed by atoms with Crippen LogP contribution in [0.2, 0.25) is 0 Å². The number of quaternary nitrogens is 1. The standard InChI is InChI=1S/C9H19NO.C9H19N/c1-8-6-5-7-10(4,11)9(8,2)3;1-8-6-5-7-10(4)9(8,2)3/h8H,5-7H2,1-4H3;8H,5-7H2,1-4H3. The van der Waals surface area contributed by atoms with Crippen molar-refractivity contribution in [2.75, 3.05) is 27.2 Å². The van der Waals surface area contributed by atoms with Gasteiger partial charge in [0.15, 0.2) is 0 Å².